The minimum Gasteiger partial charge on any atom is -0.497 e. The average Bonchev–Trinajstić information content (AvgIpc) is 2.56. The molecular weight excluding hydrogens is 260 g/mol. The SMILES string of the molecule is COc1ccc(-c2cc[c]cc2Oc2ccccc2)cc1. The number of methoxy groups -OCH3 is 1. The van der Waals surface area contributed by atoms with Crippen molar-refractivity contribution in [2.75, 3.05) is 7.11 Å². The molecule has 0 fully saturated rings. The minimum atomic E-state index is 0.786. The summed E-state index contributed by atoms with van der Waals surface area (Å²) in [7, 11) is 1.66. The summed E-state index contributed by atoms with van der Waals surface area (Å²) < 4.78 is 11.2. The molecule has 2 heteroatoms. The summed E-state index contributed by atoms with van der Waals surface area (Å²) in [5, 5.41) is 0. The first-order chi connectivity index (χ1) is 10.4. The van der Waals surface area contributed by atoms with Gasteiger partial charge >= 0.3 is 0 Å². The first kappa shape index (κ1) is 13.3. The lowest BCUT2D eigenvalue weighted by Gasteiger charge is -2.11. The summed E-state index contributed by atoms with van der Waals surface area (Å²) in [4.78, 5) is 0. The van der Waals surface area contributed by atoms with Crippen LogP contribution in [0.3, 0.4) is 0 Å². The Labute approximate surface area is 124 Å². The minimum absolute atomic E-state index is 0.786. The quantitative estimate of drug-likeness (QED) is 0.670. The summed E-state index contributed by atoms with van der Waals surface area (Å²) in [6.45, 7) is 0. The van der Waals surface area contributed by atoms with Crippen molar-refractivity contribution in [2.45, 2.75) is 0 Å². The van der Waals surface area contributed by atoms with E-state index < -0.39 is 0 Å². The molecule has 2 nitrogen and oxygen atoms in total. The molecule has 0 N–H and O–H groups in total. The molecule has 0 heterocycles. The lowest BCUT2D eigenvalue weighted by molar-refractivity contribution is 0.415. The van der Waals surface area contributed by atoms with Gasteiger partial charge in [-0.25, -0.2) is 0 Å². The molecule has 0 amide bonds. The van der Waals surface area contributed by atoms with E-state index in [0.29, 0.717) is 0 Å². The van der Waals surface area contributed by atoms with E-state index in [4.69, 9.17) is 9.47 Å². The van der Waals surface area contributed by atoms with Gasteiger partial charge in [-0.2, -0.15) is 0 Å². The Hall–Kier alpha value is -2.74. The Balaban J connectivity index is 1.95. The zero-order valence-electron chi connectivity index (χ0n) is 11.7. The van der Waals surface area contributed by atoms with Gasteiger partial charge in [0.15, 0.2) is 0 Å². The van der Waals surface area contributed by atoms with Crippen LogP contribution in [-0.4, -0.2) is 7.11 Å². The second-order valence-corrected chi connectivity index (χ2v) is 4.57. The fourth-order valence-corrected chi connectivity index (χ4v) is 2.12. The molecule has 0 aromatic heterocycles. The van der Waals surface area contributed by atoms with Crippen LogP contribution >= 0.6 is 0 Å². The van der Waals surface area contributed by atoms with Gasteiger partial charge in [0, 0.05) is 5.56 Å². The van der Waals surface area contributed by atoms with Crippen LogP contribution in [0.25, 0.3) is 11.1 Å². The number of para-hydroxylation sites is 1. The van der Waals surface area contributed by atoms with Crippen LogP contribution in [-0.2, 0) is 0 Å². The molecule has 1 radical (unpaired) electrons. The maximum Gasteiger partial charge on any atom is 0.135 e. The van der Waals surface area contributed by atoms with Gasteiger partial charge in [0.05, 0.1) is 7.11 Å². The fraction of sp³-hybridized carbons (Fsp3) is 0.0526. The van der Waals surface area contributed by atoms with Crippen LogP contribution in [0, 0.1) is 6.07 Å². The van der Waals surface area contributed by atoms with Gasteiger partial charge in [0.1, 0.15) is 17.2 Å². The fourth-order valence-electron chi connectivity index (χ4n) is 2.12. The molecule has 0 bridgehead atoms. The van der Waals surface area contributed by atoms with Crippen LogP contribution < -0.4 is 9.47 Å². The molecule has 0 spiro atoms. The maximum atomic E-state index is 5.96. The molecule has 0 saturated heterocycles. The standard InChI is InChI=1S/C19H15O2/c1-20-16-13-11-15(12-14-16)18-9-5-6-10-19(18)21-17-7-3-2-4-8-17/h2-5,7-14H,1H3. The van der Waals surface area contributed by atoms with Crippen molar-refractivity contribution in [1.82, 2.24) is 0 Å². The predicted molar refractivity (Wildman–Crippen MR) is 83.8 cm³/mol. The van der Waals surface area contributed by atoms with Crippen LogP contribution in [0.5, 0.6) is 17.2 Å². The van der Waals surface area contributed by atoms with E-state index >= 15 is 0 Å². The van der Waals surface area contributed by atoms with Gasteiger partial charge in [-0.1, -0.05) is 42.5 Å². The number of hydrogen-bond acceptors (Lipinski definition) is 2. The zero-order chi connectivity index (χ0) is 14.5. The highest BCUT2D eigenvalue weighted by Gasteiger charge is 2.07. The summed E-state index contributed by atoms with van der Waals surface area (Å²) in [6, 6.07) is 26.5. The third-order valence-electron chi connectivity index (χ3n) is 3.20. The van der Waals surface area contributed by atoms with Crippen molar-refractivity contribution < 1.29 is 9.47 Å². The Morgan fingerprint density at radius 2 is 1.57 bits per heavy atom. The monoisotopic (exact) mass is 275 g/mol. The Morgan fingerprint density at radius 3 is 2.29 bits per heavy atom. The molecule has 103 valence electrons. The molecule has 0 saturated carbocycles. The number of benzene rings is 3. The van der Waals surface area contributed by atoms with E-state index in [1.54, 1.807) is 7.11 Å². The smallest absolute Gasteiger partial charge is 0.135 e. The highest BCUT2D eigenvalue weighted by molar-refractivity contribution is 5.71. The summed E-state index contributed by atoms with van der Waals surface area (Å²) in [5.74, 6) is 2.44. The zero-order valence-corrected chi connectivity index (χ0v) is 11.7. The van der Waals surface area contributed by atoms with Gasteiger partial charge < -0.3 is 9.47 Å². The molecule has 0 aliphatic carbocycles. The second kappa shape index (κ2) is 6.14. The molecule has 3 rings (SSSR count). The summed E-state index contributed by atoms with van der Waals surface area (Å²) in [6.07, 6.45) is 0. The third kappa shape index (κ3) is 3.06. The van der Waals surface area contributed by atoms with E-state index in [1.807, 2.05) is 72.8 Å². The molecule has 3 aromatic rings. The second-order valence-electron chi connectivity index (χ2n) is 4.57. The van der Waals surface area contributed by atoms with E-state index in [2.05, 4.69) is 6.07 Å². The van der Waals surface area contributed by atoms with Crippen LogP contribution in [0.1, 0.15) is 0 Å². The Bertz CT molecular complexity index is 703. The third-order valence-corrected chi connectivity index (χ3v) is 3.20. The van der Waals surface area contributed by atoms with Gasteiger partial charge in [0.2, 0.25) is 0 Å². The van der Waals surface area contributed by atoms with Crippen molar-refractivity contribution in [3.63, 3.8) is 0 Å². The highest BCUT2D eigenvalue weighted by atomic mass is 16.5. The topological polar surface area (TPSA) is 18.5 Å². The summed E-state index contributed by atoms with van der Waals surface area (Å²) >= 11 is 0. The number of hydrogen-bond donors (Lipinski definition) is 0. The molecule has 0 aliphatic rings. The van der Waals surface area contributed by atoms with Gasteiger partial charge in [0.25, 0.3) is 0 Å². The van der Waals surface area contributed by atoms with Crippen LogP contribution in [0.4, 0.5) is 0 Å². The normalized spacial score (nSPS) is 10.1. The average molecular weight is 275 g/mol. The van der Waals surface area contributed by atoms with E-state index in [1.165, 1.54) is 0 Å². The lowest BCUT2D eigenvalue weighted by Crippen LogP contribution is -1.88. The van der Waals surface area contributed by atoms with Crippen molar-refractivity contribution in [2.24, 2.45) is 0 Å². The molecule has 0 aliphatic heterocycles. The van der Waals surface area contributed by atoms with Crippen molar-refractivity contribution in [3.05, 3.63) is 78.9 Å². The van der Waals surface area contributed by atoms with Crippen LogP contribution in [0.2, 0.25) is 0 Å². The van der Waals surface area contributed by atoms with Crippen molar-refractivity contribution in [1.29, 1.82) is 0 Å². The number of rotatable bonds is 4. The molecular formula is C19H15O2. The van der Waals surface area contributed by atoms with E-state index in [-0.39, 0.29) is 0 Å². The molecule has 3 aromatic carbocycles. The highest BCUT2D eigenvalue weighted by Crippen LogP contribution is 2.33. The number of ether oxygens (including phenoxy) is 2. The Kier molecular flexibility index (Phi) is 3.88. The largest absolute Gasteiger partial charge is 0.497 e. The van der Waals surface area contributed by atoms with Gasteiger partial charge in [-0.3, -0.25) is 0 Å². The first-order valence-corrected chi connectivity index (χ1v) is 6.74. The summed E-state index contributed by atoms with van der Waals surface area (Å²) in [5.41, 5.74) is 2.11. The molecule has 21 heavy (non-hydrogen) atoms. The maximum absolute atomic E-state index is 5.96. The Morgan fingerprint density at radius 1 is 0.810 bits per heavy atom. The lowest BCUT2D eigenvalue weighted by atomic mass is 10.0. The van der Waals surface area contributed by atoms with E-state index in [9.17, 15) is 0 Å². The van der Waals surface area contributed by atoms with Crippen molar-refractivity contribution >= 4 is 0 Å². The van der Waals surface area contributed by atoms with Gasteiger partial charge in [-0.05, 0) is 42.0 Å². The first-order valence-electron chi connectivity index (χ1n) is 6.74. The van der Waals surface area contributed by atoms with E-state index in [0.717, 1.165) is 28.4 Å². The predicted octanol–water partition coefficient (Wildman–Crippen LogP) is 4.95. The van der Waals surface area contributed by atoms with Gasteiger partial charge in [-0.15, -0.1) is 0 Å². The molecule has 0 unspecified atom stereocenters. The molecule has 0 atom stereocenters. The van der Waals surface area contributed by atoms with Crippen molar-refractivity contribution in [3.8, 4) is 28.4 Å². The van der Waals surface area contributed by atoms with Crippen LogP contribution in [0.15, 0.2) is 72.8 Å².